The van der Waals surface area contributed by atoms with Crippen molar-refractivity contribution in [3.05, 3.63) is 0 Å². The van der Waals surface area contributed by atoms with Crippen LogP contribution in [-0.4, -0.2) is 46.5 Å². The quantitative estimate of drug-likeness (QED) is 0.851. The van der Waals surface area contributed by atoms with Gasteiger partial charge in [0, 0.05) is 19.5 Å². The third-order valence-corrected chi connectivity index (χ3v) is 5.20. The van der Waals surface area contributed by atoms with Crippen LogP contribution in [0.3, 0.4) is 0 Å². The maximum absolute atomic E-state index is 12.2. The lowest BCUT2D eigenvalue weighted by Crippen LogP contribution is -2.35. The Labute approximate surface area is 112 Å². The summed E-state index contributed by atoms with van der Waals surface area (Å²) < 4.78 is 0. The molecule has 0 radical (unpaired) electrons. The van der Waals surface area contributed by atoms with Crippen molar-refractivity contribution in [3.63, 3.8) is 0 Å². The predicted molar refractivity (Wildman–Crippen MR) is 71.6 cm³/mol. The van der Waals surface area contributed by atoms with Crippen LogP contribution in [0.2, 0.25) is 0 Å². The Morgan fingerprint density at radius 2 is 2.06 bits per heavy atom. The zero-order valence-electron chi connectivity index (χ0n) is 10.9. The first-order valence-corrected chi connectivity index (χ1v) is 7.76. The smallest absolute Gasteiger partial charge is 0.311 e. The van der Waals surface area contributed by atoms with Crippen molar-refractivity contribution in [1.29, 1.82) is 0 Å². The van der Waals surface area contributed by atoms with Gasteiger partial charge in [0.15, 0.2) is 0 Å². The predicted octanol–water partition coefficient (Wildman–Crippen LogP) is 1.84. The number of thioether (sulfide) groups is 1. The van der Waals surface area contributed by atoms with E-state index in [2.05, 4.69) is 0 Å². The highest BCUT2D eigenvalue weighted by atomic mass is 32.2. The van der Waals surface area contributed by atoms with Gasteiger partial charge in [-0.05, 0) is 43.6 Å². The molecule has 1 N–H and O–H groups in total. The summed E-state index contributed by atoms with van der Waals surface area (Å²) in [6.07, 6.45) is 3.44. The molecule has 2 saturated heterocycles. The molecule has 0 aromatic carbocycles. The zero-order chi connectivity index (χ0) is 13.2. The topological polar surface area (TPSA) is 57.6 Å². The summed E-state index contributed by atoms with van der Waals surface area (Å²) in [6.45, 7) is 2.71. The lowest BCUT2D eigenvalue weighted by Gasteiger charge is -2.24. The molecule has 2 aliphatic rings. The number of hydrogen-bond donors (Lipinski definition) is 1. The Hall–Kier alpha value is -0.710. The first-order valence-electron chi connectivity index (χ1n) is 6.60. The molecule has 2 rings (SSSR count). The van der Waals surface area contributed by atoms with Crippen LogP contribution >= 0.6 is 11.8 Å². The van der Waals surface area contributed by atoms with E-state index in [0.717, 1.165) is 24.3 Å². The van der Waals surface area contributed by atoms with Gasteiger partial charge in [-0.1, -0.05) is 0 Å². The van der Waals surface area contributed by atoms with Crippen molar-refractivity contribution in [1.82, 2.24) is 4.90 Å². The summed E-state index contributed by atoms with van der Waals surface area (Å²) in [6, 6.07) is 0. The molecule has 4 nitrogen and oxygen atoms in total. The summed E-state index contributed by atoms with van der Waals surface area (Å²) in [5.41, 5.74) is -0.738. The van der Waals surface area contributed by atoms with Gasteiger partial charge in [0.25, 0.3) is 0 Å². The number of hydrogen-bond acceptors (Lipinski definition) is 3. The summed E-state index contributed by atoms with van der Waals surface area (Å²) in [5, 5.41) is 9.15. The third kappa shape index (κ3) is 2.99. The molecular weight excluding hydrogens is 250 g/mol. The van der Waals surface area contributed by atoms with Gasteiger partial charge in [0.05, 0.1) is 5.41 Å². The van der Waals surface area contributed by atoms with Crippen LogP contribution in [0, 0.1) is 11.3 Å². The molecule has 1 atom stereocenters. The van der Waals surface area contributed by atoms with Gasteiger partial charge in [0.1, 0.15) is 0 Å². The van der Waals surface area contributed by atoms with Crippen molar-refractivity contribution in [2.45, 2.75) is 32.6 Å². The number of carboxylic acids is 1. The van der Waals surface area contributed by atoms with Crippen LogP contribution in [0.25, 0.3) is 0 Å². The van der Waals surface area contributed by atoms with Crippen LogP contribution in [0.15, 0.2) is 0 Å². The van der Waals surface area contributed by atoms with Crippen molar-refractivity contribution in [2.24, 2.45) is 11.3 Å². The minimum Gasteiger partial charge on any atom is -0.481 e. The normalized spacial score (nSPS) is 29.5. The Balaban J connectivity index is 1.85. The van der Waals surface area contributed by atoms with Gasteiger partial charge in [-0.2, -0.15) is 11.8 Å². The molecule has 0 bridgehead atoms. The van der Waals surface area contributed by atoms with Crippen LogP contribution in [0.5, 0.6) is 0 Å². The van der Waals surface area contributed by atoms with E-state index < -0.39 is 11.4 Å². The monoisotopic (exact) mass is 271 g/mol. The highest BCUT2D eigenvalue weighted by Crippen LogP contribution is 2.32. The first kappa shape index (κ1) is 13.7. The molecule has 0 aromatic heterocycles. The number of likely N-dealkylation sites (tertiary alicyclic amines) is 1. The van der Waals surface area contributed by atoms with E-state index in [-0.39, 0.29) is 5.91 Å². The second-order valence-electron chi connectivity index (χ2n) is 5.69. The van der Waals surface area contributed by atoms with Crippen molar-refractivity contribution in [3.8, 4) is 0 Å². The van der Waals surface area contributed by atoms with Crippen molar-refractivity contribution in [2.75, 3.05) is 24.6 Å². The van der Waals surface area contributed by atoms with Gasteiger partial charge in [-0.25, -0.2) is 0 Å². The maximum atomic E-state index is 12.2. The molecule has 0 aromatic rings. The molecule has 5 heteroatoms. The van der Waals surface area contributed by atoms with E-state index in [1.807, 2.05) is 11.8 Å². The van der Waals surface area contributed by atoms with Crippen molar-refractivity contribution < 1.29 is 14.7 Å². The number of rotatable bonds is 3. The Bertz CT molecular complexity index is 341. The minimum absolute atomic E-state index is 0.150. The molecule has 2 fully saturated rings. The molecule has 1 unspecified atom stereocenters. The molecule has 18 heavy (non-hydrogen) atoms. The van der Waals surface area contributed by atoms with Crippen LogP contribution < -0.4 is 0 Å². The summed E-state index contributed by atoms with van der Waals surface area (Å²) in [7, 11) is 0. The number of aliphatic carboxylic acids is 1. The van der Waals surface area contributed by atoms with E-state index in [1.54, 1.807) is 11.8 Å². The SMILES string of the molecule is CC1(C(=O)O)CCN(C(=O)CC2CCSCC2)C1. The van der Waals surface area contributed by atoms with Gasteiger partial charge in [-0.15, -0.1) is 0 Å². The molecule has 0 aliphatic carbocycles. The average Bonchev–Trinajstić information content (AvgIpc) is 2.75. The highest BCUT2D eigenvalue weighted by molar-refractivity contribution is 7.99. The molecule has 2 aliphatic heterocycles. The van der Waals surface area contributed by atoms with Gasteiger partial charge in [-0.3, -0.25) is 9.59 Å². The van der Waals surface area contributed by atoms with Crippen molar-refractivity contribution >= 4 is 23.6 Å². The van der Waals surface area contributed by atoms with Crippen LogP contribution in [-0.2, 0) is 9.59 Å². The highest BCUT2D eigenvalue weighted by Gasteiger charge is 2.42. The van der Waals surface area contributed by atoms with Gasteiger partial charge < -0.3 is 10.0 Å². The van der Waals surface area contributed by atoms with E-state index in [4.69, 9.17) is 5.11 Å². The first-order chi connectivity index (χ1) is 8.51. The number of amides is 1. The summed E-state index contributed by atoms with van der Waals surface area (Å²) >= 11 is 1.96. The van der Waals surface area contributed by atoms with Crippen LogP contribution in [0.1, 0.15) is 32.6 Å². The fourth-order valence-corrected chi connectivity index (χ4v) is 3.88. The molecule has 0 spiro atoms. The van der Waals surface area contributed by atoms with E-state index in [1.165, 1.54) is 0 Å². The Morgan fingerprint density at radius 1 is 1.39 bits per heavy atom. The fourth-order valence-electron chi connectivity index (χ4n) is 2.68. The van der Waals surface area contributed by atoms with E-state index in [0.29, 0.717) is 31.8 Å². The number of nitrogens with zero attached hydrogens (tertiary/aromatic N) is 1. The number of carbonyl (C=O) groups is 2. The largest absolute Gasteiger partial charge is 0.481 e. The summed E-state index contributed by atoms with van der Waals surface area (Å²) in [5.74, 6) is 2.19. The van der Waals surface area contributed by atoms with Gasteiger partial charge >= 0.3 is 5.97 Å². The number of carboxylic acid groups (broad SMARTS) is 1. The lowest BCUT2D eigenvalue weighted by atomic mass is 9.90. The molecular formula is C13H21NO3S. The zero-order valence-corrected chi connectivity index (χ0v) is 11.7. The summed E-state index contributed by atoms with van der Waals surface area (Å²) in [4.78, 5) is 25.0. The molecule has 102 valence electrons. The fraction of sp³-hybridized carbons (Fsp3) is 0.846. The lowest BCUT2D eigenvalue weighted by molar-refractivity contribution is -0.147. The van der Waals surface area contributed by atoms with Gasteiger partial charge in [0.2, 0.25) is 5.91 Å². The minimum atomic E-state index is -0.785. The number of carbonyl (C=O) groups excluding carboxylic acids is 1. The molecule has 1 amide bonds. The second kappa shape index (κ2) is 5.51. The van der Waals surface area contributed by atoms with Crippen LogP contribution in [0.4, 0.5) is 0 Å². The van der Waals surface area contributed by atoms with E-state index >= 15 is 0 Å². The molecule has 2 heterocycles. The Morgan fingerprint density at radius 3 is 2.61 bits per heavy atom. The third-order valence-electron chi connectivity index (χ3n) is 4.15. The molecule has 0 saturated carbocycles. The average molecular weight is 271 g/mol. The standard InChI is InChI=1S/C13H21NO3S/c1-13(12(16)17)4-5-14(9-13)11(15)8-10-2-6-18-7-3-10/h10H,2-9H2,1H3,(H,16,17). The second-order valence-corrected chi connectivity index (χ2v) is 6.92. The van der Waals surface area contributed by atoms with E-state index in [9.17, 15) is 9.59 Å². The Kier molecular flexibility index (Phi) is 4.20. The maximum Gasteiger partial charge on any atom is 0.311 e.